The molecule has 0 saturated heterocycles. The third-order valence-electron chi connectivity index (χ3n) is 4.32. The molecule has 0 aliphatic heterocycles. The Balaban J connectivity index is 1.94. The summed E-state index contributed by atoms with van der Waals surface area (Å²) in [5.41, 5.74) is 3.24. The van der Waals surface area contributed by atoms with Crippen LogP contribution in [0.25, 0.3) is 0 Å². The third-order valence-corrected chi connectivity index (χ3v) is 4.32. The van der Waals surface area contributed by atoms with Crippen LogP contribution in [0.2, 0.25) is 0 Å². The van der Waals surface area contributed by atoms with Crippen LogP contribution in [-0.2, 0) is 6.54 Å². The molecule has 2 rings (SSSR count). The van der Waals surface area contributed by atoms with Gasteiger partial charge < -0.3 is 15.4 Å². The second-order valence-corrected chi connectivity index (χ2v) is 7.24. The first-order chi connectivity index (χ1) is 11.0. The lowest BCUT2D eigenvalue weighted by atomic mass is 9.87. The average Bonchev–Trinajstić information content (AvgIpc) is 2.41. The van der Waals surface area contributed by atoms with Crippen LogP contribution in [0.5, 0.6) is 5.75 Å². The van der Waals surface area contributed by atoms with E-state index in [1.165, 1.54) is 17.8 Å². The van der Waals surface area contributed by atoms with Crippen LogP contribution in [0.4, 0.5) is 13.2 Å². The molecular formula is C18H25F3N2O. The van der Waals surface area contributed by atoms with Gasteiger partial charge in [-0.3, -0.25) is 0 Å². The smallest absolute Gasteiger partial charge is 0.406 e. The van der Waals surface area contributed by atoms with Gasteiger partial charge in [-0.1, -0.05) is 32.9 Å². The number of rotatable bonds is 6. The van der Waals surface area contributed by atoms with Crippen LogP contribution in [0, 0.1) is 5.41 Å². The maximum Gasteiger partial charge on any atom is 0.573 e. The zero-order valence-corrected chi connectivity index (χ0v) is 14.6. The predicted molar refractivity (Wildman–Crippen MR) is 88.3 cm³/mol. The largest absolute Gasteiger partial charge is 0.573 e. The molecule has 24 heavy (non-hydrogen) atoms. The molecule has 0 radical (unpaired) electrons. The standard InChI is InChI=1S/C18H25F3N2O/c1-12(17(2,3)4)23-16-9-8-15(16)22-11-13-6-5-7-14(10-13)24-18(19,20)21/h5-7,10,12,22-23H,8-9,11H2,1-4H3. The van der Waals surface area contributed by atoms with E-state index in [0.717, 1.165) is 24.1 Å². The normalized spacial score (nSPS) is 16.5. The summed E-state index contributed by atoms with van der Waals surface area (Å²) in [7, 11) is 0. The van der Waals surface area contributed by atoms with Crippen molar-refractivity contribution < 1.29 is 17.9 Å². The Morgan fingerprint density at radius 1 is 1.12 bits per heavy atom. The Kier molecular flexibility index (Phi) is 5.35. The maximum absolute atomic E-state index is 12.3. The highest BCUT2D eigenvalue weighted by Crippen LogP contribution is 2.28. The third kappa shape index (κ3) is 5.35. The van der Waals surface area contributed by atoms with Crippen LogP contribution in [0.3, 0.4) is 0 Å². The number of halogens is 3. The van der Waals surface area contributed by atoms with E-state index >= 15 is 0 Å². The fourth-order valence-corrected chi connectivity index (χ4v) is 2.27. The highest BCUT2D eigenvalue weighted by atomic mass is 19.4. The summed E-state index contributed by atoms with van der Waals surface area (Å²) >= 11 is 0. The van der Waals surface area contributed by atoms with Crippen molar-refractivity contribution >= 4 is 0 Å². The number of benzene rings is 1. The topological polar surface area (TPSA) is 33.3 Å². The molecule has 1 aliphatic rings. The molecular weight excluding hydrogens is 317 g/mol. The quantitative estimate of drug-likeness (QED) is 0.786. The molecule has 3 nitrogen and oxygen atoms in total. The van der Waals surface area contributed by atoms with Gasteiger partial charge in [-0.15, -0.1) is 13.2 Å². The summed E-state index contributed by atoms with van der Waals surface area (Å²) in [6, 6.07) is 6.39. The molecule has 1 aromatic carbocycles. The highest BCUT2D eigenvalue weighted by molar-refractivity contribution is 5.30. The summed E-state index contributed by atoms with van der Waals surface area (Å²) in [4.78, 5) is 0. The number of nitrogens with one attached hydrogen (secondary N) is 2. The Morgan fingerprint density at radius 2 is 1.79 bits per heavy atom. The lowest BCUT2D eigenvalue weighted by molar-refractivity contribution is -0.274. The number of hydrogen-bond acceptors (Lipinski definition) is 3. The Hall–Kier alpha value is -1.85. The van der Waals surface area contributed by atoms with Gasteiger partial charge in [0.25, 0.3) is 0 Å². The zero-order chi connectivity index (χ0) is 18.0. The Labute approximate surface area is 141 Å². The first-order valence-corrected chi connectivity index (χ1v) is 8.12. The minimum absolute atomic E-state index is 0.164. The van der Waals surface area contributed by atoms with Crippen molar-refractivity contribution in [3.8, 4) is 5.75 Å². The van der Waals surface area contributed by atoms with Gasteiger partial charge >= 0.3 is 6.36 Å². The van der Waals surface area contributed by atoms with E-state index < -0.39 is 6.36 Å². The lowest BCUT2D eigenvalue weighted by Gasteiger charge is -2.34. The van der Waals surface area contributed by atoms with Crippen molar-refractivity contribution in [3.63, 3.8) is 0 Å². The molecule has 134 valence electrons. The minimum atomic E-state index is -4.66. The van der Waals surface area contributed by atoms with Crippen LogP contribution in [-0.4, -0.2) is 12.4 Å². The van der Waals surface area contributed by atoms with Crippen molar-refractivity contribution in [2.75, 3.05) is 0 Å². The molecule has 6 heteroatoms. The molecule has 2 N–H and O–H groups in total. The monoisotopic (exact) mass is 342 g/mol. The molecule has 0 fully saturated rings. The second kappa shape index (κ2) is 6.95. The van der Waals surface area contributed by atoms with Gasteiger partial charge in [-0.25, -0.2) is 0 Å². The summed E-state index contributed by atoms with van der Waals surface area (Å²) in [6.45, 7) is 9.18. The van der Waals surface area contributed by atoms with Gasteiger partial charge in [0.15, 0.2) is 0 Å². The predicted octanol–water partition coefficient (Wildman–Crippen LogP) is 4.70. The van der Waals surface area contributed by atoms with E-state index in [1.54, 1.807) is 12.1 Å². The fourth-order valence-electron chi connectivity index (χ4n) is 2.27. The van der Waals surface area contributed by atoms with E-state index in [4.69, 9.17) is 0 Å². The molecule has 1 aliphatic carbocycles. The van der Waals surface area contributed by atoms with Crippen molar-refractivity contribution in [3.05, 3.63) is 41.2 Å². The molecule has 1 aromatic rings. The van der Waals surface area contributed by atoms with Gasteiger partial charge in [0.1, 0.15) is 5.75 Å². The van der Waals surface area contributed by atoms with Crippen LogP contribution >= 0.6 is 0 Å². The van der Waals surface area contributed by atoms with Crippen molar-refractivity contribution in [2.24, 2.45) is 5.41 Å². The van der Waals surface area contributed by atoms with E-state index in [0.29, 0.717) is 12.6 Å². The van der Waals surface area contributed by atoms with Crippen LogP contribution < -0.4 is 15.4 Å². The maximum atomic E-state index is 12.3. The lowest BCUT2D eigenvalue weighted by Crippen LogP contribution is -2.40. The SMILES string of the molecule is CC(NC1=C(NCc2cccc(OC(F)(F)F)c2)CC1)C(C)(C)C. The summed E-state index contributed by atoms with van der Waals surface area (Å²) in [5, 5.41) is 6.84. The van der Waals surface area contributed by atoms with E-state index in [2.05, 4.69) is 43.1 Å². The summed E-state index contributed by atoms with van der Waals surface area (Å²) < 4.78 is 40.7. The molecule has 0 saturated carbocycles. The molecule has 1 atom stereocenters. The van der Waals surface area contributed by atoms with Gasteiger partial charge in [0.2, 0.25) is 0 Å². The number of ether oxygens (including phenoxy) is 1. The minimum Gasteiger partial charge on any atom is -0.406 e. The van der Waals surface area contributed by atoms with Crippen molar-refractivity contribution in [1.29, 1.82) is 0 Å². The first-order valence-electron chi connectivity index (χ1n) is 8.12. The molecule has 0 amide bonds. The van der Waals surface area contributed by atoms with E-state index in [-0.39, 0.29) is 11.2 Å². The number of alkyl halides is 3. The van der Waals surface area contributed by atoms with Gasteiger partial charge in [-0.05, 0) is 42.9 Å². The van der Waals surface area contributed by atoms with Gasteiger partial charge in [0, 0.05) is 24.0 Å². The number of hydrogen-bond donors (Lipinski definition) is 2. The molecule has 0 bridgehead atoms. The van der Waals surface area contributed by atoms with Crippen LogP contribution in [0.15, 0.2) is 35.7 Å². The Morgan fingerprint density at radius 3 is 2.33 bits per heavy atom. The first kappa shape index (κ1) is 18.5. The van der Waals surface area contributed by atoms with Crippen molar-refractivity contribution in [2.45, 2.75) is 59.5 Å². The highest BCUT2D eigenvalue weighted by Gasteiger charge is 2.31. The van der Waals surface area contributed by atoms with Gasteiger partial charge in [0.05, 0.1) is 0 Å². The van der Waals surface area contributed by atoms with Gasteiger partial charge in [-0.2, -0.15) is 0 Å². The van der Waals surface area contributed by atoms with Crippen LogP contribution in [0.1, 0.15) is 46.1 Å². The molecule has 0 spiro atoms. The average molecular weight is 342 g/mol. The van der Waals surface area contributed by atoms with Crippen molar-refractivity contribution in [1.82, 2.24) is 10.6 Å². The fraction of sp³-hybridized carbons (Fsp3) is 0.556. The molecule has 1 unspecified atom stereocenters. The summed E-state index contributed by atoms with van der Waals surface area (Å²) in [5.74, 6) is -0.191. The Bertz CT molecular complexity index is 603. The zero-order valence-electron chi connectivity index (χ0n) is 14.6. The second-order valence-electron chi connectivity index (χ2n) is 7.24. The number of allylic oxidation sites excluding steroid dienone is 2. The van der Waals surface area contributed by atoms with E-state index in [1.807, 2.05) is 0 Å². The molecule has 0 heterocycles. The summed E-state index contributed by atoms with van der Waals surface area (Å²) in [6.07, 6.45) is -2.71. The van der Waals surface area contributed by atoms with E-state index in [9.17, 15) is 13.2 Å². The molecule has 0 aromatic heterocycles.